The van der Waals surface area contributed by atoms with E-state index in [2.05, 4.69) is 18.7 Å². The molecule has 0 N–H and O–H groups in total. The van der Waals surface area contributed by atoms with Crippen LogP contribution < -0.4 is 0 Å². The van der Waals surface area contributed by atoms with Crippen LogP contribution in [-0.2, 0) is 0 Å². The van der Waals surface area contributed by atoms with Crippen molar-refractivity contribution in [3.8, 4) is 0 Å². The third kappa shape index (κ3) is 5.01. The maximum Gasteiger partial charge on any atom is 0.00952 e. The first kappa shape index (κ1) is 13.0. The summed E-state index contributed by atoms with van der Waals surface area (Å²) in [5, 5.41) is 0. The van der Waals surface area contributed by atoms with Gasteiger partial charge in [0.2, 0.25) is 0 Å². The molecular formula is C14H29N. The van der Waals surface area contributed by atoms with E-state index in [4.69, 9.17) is 0 Å². The van der Waals surface area contributed by atoms with E-state index in [1.165, 1.54) is 70.9 Å². The smallest absolute Gasteiger partial charge is 0.00952 e. The van der Waals surface area contributed by atoms with Crippen molar-refractivity contribution in [2.75, 3.05) is 13.1 Å². The van der Waals surface area contributed by atoms with Crippen molar-refractivity contribution >= 4 is 0 Å². The average molecular weight is 211 g/mol. The molecule has 0 atom stereocenters. The monoisotopic (exact) mass is 211 g/mol. The van der Waals surface area contributed by atoms with Crippen molar-refractivity contribution in [1.82, 2.24) is 4.90 Å². The summed E-state index contributed by atoms with van der Waals surface area (Å²) in [5.74, 6) is 0. The summed E-state index contributed by atoms with van der Waals surface area (Å²) in [6, 6.07) is 0.928. The summed E-state index contributed by atoms with van der Waals surface area (Å²) in [6.07, 6.45) is 12.8. The number of rotatable bonds is 7. The van der Waals surface area contributed by atoms with Gasteiger partial charge in [-0.05, 0) is 38.8 Å². The van der Waals surface area contributed by atoms with Gasteiger partial charge in [0.1, 0.15) is 0 Å². The quantitative estimate of drug-likeness (QED) is 0.609. The lowest BCUT2D eigenvalue weighted by Crippen LogP contribution is -2.38. The Hall–Kier alpha value is -0.0400. The Morgan fingerprint density at radius 1 is 0.867 bits per heavy atom. The predicted octanol–water partition coefficient (Wildman–Crippen LogP) is 4.22. The highest BCUT2D eigenvalue weighted by molar-refractivity contribution is 4.75. The molecule has 0 aromatic carbocycles. The second kappa shape index (κ2) is 8.15. The summed E-state index contributed by atoms with van der Waals surface area (Å²) in [7, 11) is 0. The van der Waals surface area contributed by atoms with Crippen LogP contribution in [0, 0.1) is 0 Å². The molecule has 15 heavy (non-hydrogen) atoms. The molecular weight excluding hydrogens is 182 g/mol. The minimum atomic E-state index is 0.928. The van der Waals surface area contributed by atoms with E-state index >= 15 is 0 Å². The van der Waals surface area contributed by atoms with Crippen molar-refractivity contribution in [2.45, 2.75) is 77.7 Å². The average Bonchev–Trinajstić information content (AvgIpc) is 2.30. The fraction of sp³-hybridized carbons (Fsp3) is 1.00. The largest absolute Gasteiger partial charge is 0.300 e. The summed E-state index contributed by atoms with van der Waals surface area (Å²) in [4.78, 5) is 2.78. The molecule has 1 nitrogen and oxygen atoms in total. The molecule has 0 aromatic rings. The number of nitrogens with zero attached hydrogens (tertiary/aromatic N) is 1. The molecule has 1 rings (SSSR count). The Labute approximate surface area is 96.2 Å². The van der Waals surface area contributed by atoms with Gasteiger partial charge in [-0.2, -0.15) is 0 Å². The zero-order chi connectivity index (χ0) is 10.9. The molecule has 0 aromatic heterocycles. The first-order valence-corrected chi connectivity index (χ1v) is 7.12. The highest BCUT2D eigenvalue weighted by Crippen LogP contribution is 2.23. The van der Waals surface area contributed by atoms with Gasteiger partial charge in [-0.15, -0.1) is 0 Å². The van der Waals surface area contributed by atoms with Gasteiger partial charge >= 0.3 is 0 Å². The van der Waals surface area contributed by atoms with E-state index in [0.29, 0.717) is 0 Å². The van der Waals surface area contributed by atoms with Crippen LogP contribution in [0.25, 0.3) is 0 Å². The van der Waals surface area contributed by atoms with Crippen molar-refractivity contribution < 1.29 is 0 Å². The molecule has 0 heterocycles. The molecule has 1 aliphatic carbocycles. The lowest BCUT2D eigenvalue weighted by atomic mass is 9.94. The Morgan fingerprint density at radius 3 is 1.87 bits per heavy atom. The number of hydrogen-bond donors (Lipinski definition) is 0. The molecule has 0 saturated heterocycles. The molecule has 0 spiro atoms. The Balaban J connectivity index is 2.30. The van der Waals surface area contributed by atoms with Crippen molar-refractivity contribution in [3.63, 3.8) is 0 Å². The summed E-state index contributed by atoms with van der Waals surface area (Å²) < 4.78 is 0. The van der Waals surface area contributed by atoms with Gasteiger partial charge in [0, 0.05) is 6.04 Å². The lowest BCUT2D eigenvalue weighted by Gasteiger charge is -2.34. The van der Waals surface area contributed by atoms with E-state index in [1.54, 1.807) is 0 Å². The highest BCUT2D eigenvalue weighted by atomic mass is 15.1. The maximum absolute atomic E-state index is 2.78. The zero-order valence-corrected chi connectivity index (χ0v) is 10.8. The van der Waals surface area contributed by atoms with E-state index in [9.17, 15) is 0 Å². The van der Waals surface area contributed by atoms with Crippen molar-refractivity contribution in [3.05, 3.63) is 0 Å². The third-order valence-corrected chi connectivity index (χ3v) is 3.69. The van der Waals surface area contributed by atoms with Crippen LogP contribution in [0.3, 0.4) is 0 Å². The summed E-state index contributed by atoms with van der Waals surface area (Å²) in [5.41, 5.74) is 0. The maximum atomic E-state index is 2.78. The molecule has 90 valence electrons. The van der Waals surface area contributed by atoms with Gasteiger partial charge in [0.25, 0.3) is 0 Å². The standard InChI is InChI=1S/C14H29N/c1-3-5-12-15(13-6-4-2)14-10-8-7-9-11-14/h14H,3-13H2,1-2H3. The fourth-order valence-corrected chi connectivity index (χ4v) is 2.65. The number of unbranched alkanes of at least 4 members (excludes halogenated alkanes) is 2. The van der Waals surface area contributed by atoms with Gasteiger partial charge in [-0.25, -0.2) is 0 Å². The van der Waals surface area contributed by atoms with E-state index < -0.39 is 0 Å². The minimum Gasteiger partial charge on any atom is -0.300 e. The van der Waals surface area contributed by atoms with Gasteiger partial charge in [0.15, 0.2) is 0 Å². The Kier molecular flexibility index (Phi) is 7.08. The summed E-state index contributed by atoms with van der Waals surface area (Å²) >= 11 is 0. The van der Waals surface area contributed by atoms with Crippen LogP contribution >= 0.6 is 0 Å². The van der Waals surface area contributed by atoms with Crippen LogP contribution in [0.2, 0.25) is 0 Å². The molecule has 0 amide bonds. The van der Waals surface area contributed by atoms with Crippen LogP contribution in [-0.4, -0.2) is 24.0 Å². The molecule has 1 fully saturated rings. The van der Waals surface area contributed by atoms with Gasteiger partial charge in [-0.1, -0.05) is 46.0 Å². The van der Waals surface area contributed by atoms with Crippen molar-refractivity contribution in [2.24, 2.45) is 0 Å². The fourth-order valence-electron chi connectivity index (χ4n) is 2.65. The molecule has 0 aliphatic heterocycles. The molecule has 0 unspecified atom stereocenters. The lowest BCUT2D eigenvalue weighted by molar-refractivity contribution is 0.151. The van der Waals surface area contributed by atoms with Crippen LogP contribution in [0.5, 0.6) is 0 Å². The van der Waals surface area contributed by atoms with Crippen LogP contribution in [0.4, 0.5) is 0 Å². The second-order valence-corrected chi connectivity index (χ2v) is 5.03. The van der Waals surface area contributed by atoms with Crippen LogP contribution in [0.1, 0.15) is 71.6 Å². The minimum absolute atomic E-state index is 0.928. The van der Waals surface area contributed by atoms with Crippen LogP contribution in [0.15, 0.2) is 0 Å². The van der Waals surface area contributed by atoms with Gasteiger partial charge in [0.05, 0.1) is 0 Å². The zero-order valence-electron chi connectivity index (χ0n) is 10.8. The molecule has 1 saturated carbocycles. The van der Waals surface area contributed by atoms with E-state index in [0.717, 1.165) is 6.04 Å². The first-order chi connectivity index (χ1) is 7.38. The first-order valence-electron chi connectivity index (χ1n) is 7.12. The topological polar surface area (TPSA) is 3.24 Å². The van der Waals surface area contributed by atoms with E-state index in [-0.39, 0.29) is 0 Å². The summed E-state index contributed by atoms with van der Waals surface area (Å²) in [6.45, 7) is 7.31. The van der Waals surface area contributed by atoms with Gasteiger partial charge in [-0.3, -0.25) is 0 Å². The van der Waals surface area contributed by atoms with Gasteiger partial charge < -0.3 is 4.90 Å². The Bertz CT molecular complexity index is 130. The second-order valence-electron chi connectivity index (χ2n) is 5.03. The predicted molar refractivity (Wildman–Crippen MR) is 68.3 cm³/mol. The molecule has 1 heteroatoms. The molecule has 0 radical (unpaired) electrons. The van der Waals surface area contributed by atoms with Crippen molar-refractivity contribution in [1.29, 1.82) is 0 Å². The molecule has 0 bridgehead atoms. The number of hydrogen-bond acceptors (Lipinski definition) is 1. The highest BCUT2D eigenvalue weighted by Gasteiger charge is 2.19. The van der Waals surface area contributed by atoms with E-state index in [1.807, 2.05) is 0 Å². The normalized spacial score (nSPS) is 18.6. The third-order valence-electron chi connectivity index (χ3n) is 3.69. The Morgan fingerprint density at radius 2 is 1.40 bits per heavy atom. The molecule has 1 aliphatic rings. The SMILES string of the molecule is CCCCN(CCCC)C1CCCCC1.